The standard InChI is InChI=1S/C32H39NO2.C20H25N.C12H15IO2/c1-21-11-16-29(35-30-10-8-9-17-34-30)28(18-21)33-26-14-12-22(31(2,3)4)19-24(26)25-20-23(32(5,6)7)13-15-27(25)33;1-19(2,3)13-7-9-17-15(11-13)16-12-14(20(4,5)6)8-10-18(16)21-17;1-9-5-6-11(10(13)8-9)15-12-4-2-3-7-14-12/h11-16,18-20,30H,8-10,17H2,1-7H3;7-12,21H,1-6H3;5-6,8,12H,2-4,7H2,1H3. The third-order valence-corrected chi connectivity index (χ3v) is 14.9. The van der Waals surface area contributed by atoms with Gasteiger partial charge in [-0.1, -0.05) is 119 Å². The third kappa shape index (κ3) is 12.3. The zero-order valence-corrected chi connectivity index (χ0v) is 47.3. The molecule has 71 heavy (non-hydrogen) atoms. The van der Waals surface area contributed by atoms with Gasteiger partial charge in [-0.15, -0.1) is 0 Å². The molecule has 0 radical (unpaired) electrons. The SMILES string of the molecule is CC(C)(C)c1ccc2[nH]c3ccc(C(C)(C)C)cc3c2c1.Cc1ccc(OC2CCCCO2)c(-n2c3ccc(C(C)(C)C)cc3c3cc(C(C)(C)C)ccc32)c1.Cc1ccc(OC2CCCCO2)c(I)c1. The van der Waals surface area contributed by atoms with Crippen molar-refractivity contribution in [3.8, 4) is 17.2 Å². The number of nitrogens with zero attached hydrogens (tertiary/aromatic N) is 1. The molecule has 0 spiro atoms. The average molecular weight is 1070 g/mol. The molecule has 0 aliphatic carbocycles. The minimum Gasteiger partial charge on any atom is -0.464 e. The molecule has 8 aromatic rings. The highest BCUT2D eigenvalue weighted by atomic mass is 127. The van der Waals surface area contributed by atoms with Crippen LogP contribution in [0.15, 0.2) is 109 Å². The quantitative estimate of drug-likeness (QED) is 0.175. The van der Waals surface area contributed by atoms with E-state index in [0.29, 0.717) is 0 Å². The minimum absolute atomic E-state index is 0.0463. The van der Waals surface area contributed by atoms with Crippen LogP contribution in [-0.4, -0.2) is 35.3 Å². The second-order valence-electron chi connectivity index (χ2n) is 24.2. The minimum atomic E-state index is -0.182. The fraction of sp³-hybridized carbons (Fsp3) is 0.438. The van der Waals surface area contributed by atoms with Crippen molar-refractivity contribution in [2.75, 3.05) is 13.2 Å². The largest absolute Gasteiger partial charge is 0.464 e. The lowest BCUT2D eigenvalue weighted by Crippen LogP contribution is -2.25. The Morgan fingerprint density at radius 3 is 1.27 bits per heavy atom. The van der Waals surface area contributed by atoms with Crippen LogP contribution >= 0.6 is 22.6 Å². The van der Waals surface area contributed by atoms with E-state index in [0.717, 1.165) is 66.1 Å². The maximum absolute atomic E-state index is 6.48. The van der Waals surface area contributed by atoms with Gasteiger partial charge in [0.15, 0.2) is 12.6 Å². The van der Waals surface area contributed by atoms with Gasteiger partial charge in [-0.3, -0.25) is 0 Å². The fourth-order valence-electron chi connectivity index (χ4n) is 9.54. The van der Waals surface area contributed by atoms with Crippen LogP contribution in [0.4, 0.5) is 0 Å². The summed E-state index contributed by atoms with van der Waals surface area (Å²) in [5.74, 6) is 1.81. The lowest BCUT2D eigenvalue weighted by Gasteiger charge is -2.25. The molecule has 0 amide bonds. The molecule has 4 heterocycles. The predicted octanol–water partition coefficient (Wildman–Crippen LogP) is 18.0. The first kappa shape index (κ1) is 52.5. The molecule has 2 atom stereocenters. The molecule has 2 aromatic heterocycles. The zero-order chi connectivity index (χ0) is 51.0. The highest BCUT2D eigenvalue weighted by Crippen LogP contribution is 2.41. The van der Waals surface area contributed by atoms with E-state index in [1.54, 1.807) is 0 Å². The van der Waals surface area contributed by atoms with Crippen LogP contribution in [0.3, 0.4) is 0 Å². The number of H-pyrrole nitrogens is 1. The first-order chi connectivity index (χ1) is 33.4. The molecule has 376 valence electrons. The Kier molecular flexibility index (Phi) is 15.5. The normalized spacial score (nSPS) is 16.9. The van der Waals surface area contributed by atoms with Gasteiger partial charge in [0.05, 0.1) is 33.5 Å². The van der Waals surface area contributed by atoms with E-state index in [4.69, 9.17) is 18.9 Å². The van der Waals surface area contributed by atoms with Gasteiger partial charge in [-0.25, -0.2) is 0 Å². The summed E-state index contributed by atoms with van der Waals surface area (Å²) in [6.45, 7) is 33.1. The van der Waals surface area contributed by atoms with Crippen molar-refractivity contribution in [1.29, 1.82) is 0 Å². The summed E-state index contributed by atoms with van der Waals surface area (Å²) < 4.78 is 27.3. The number of nitrogens with one attached hydrogen (secondary N) is 1. The van der Waals surface area contributed by atoms with Gasteiger partial charge in [0, 0.05) is 45.4 Å². The van der Waals surface area contributed by atoms with Gasteiger partial charge >= 0.3 is 0 Å². The van der Waals surface area contributed by atoms with Gasteiger partial charge < -0.3 is 28.5 Å². The topological polar surface area (TPSA) is 57.6 Å². The van der Waals surface area contributed by atoms with E-state index >= 15 is 0 Å². The molecule has 6 nitrogen and oxygen atoms in total. The highest BCUT2D eigenvalue weighted by molar-refractivity contribution is 14.1. The van der Waals surface area contributed by atoms with Gasteiger partial charge in [0.25, 0.3) is 0 Å². The number of hydrogen-bond donors (Lipinski definition) is 1. The monoisotopic (exact) mass is 1070 g/mol. The third-order valence-electron chi connectivity index (χ3n) is 14.1. The number of aromatic amines is 1. The van der Waals surface area contributed by atoms with E-state index in [-0.39, 0.29) is 34.2 Å². The molecular weight excluding hydrogens is 988 g/mol. The predicted molar refractivity (Wildman–Crippen MR) is 308 cm³/mol. The summed E-state index contributed by atoms with van der Waals surface area (Å²) in [4.78, 5) is 3.54. The van der Waals surface area contributed by atoms with Crippen molar-refractivity contribution in [3.05, 3.63) is 146 Å². The van der Waals surface area contributed by atoms with Crippen LogP contribution in [-0.2, 0) is 31.1 Å². The van der Waals surface area contributed by atoms with Gasteiger partial charge in [-0.05, 0) is 190 Å². The molecule has 2 aliphatic rings. The molecule has 2 aliphatic heterocycles. The molecule has 7 heteroatoms. The van der Waals surface area contributed by atoms with Crippen LogP contribution < -0.4 is 9.47 Å². The number of hydrogen-bond acceptors (Lipinski definition) is 4. The Morgan fingerprint density at radius 1 is 0.465 bits per heavy atom. The highest BCUT2D eigenvalue weighted by Gasteiger charge is 2.25. The summed E-state index contributed by atoms with van der Waals surface area (Å²) in [6, 6.07) is 40.2. The number of fused-ring (bicyclic) bond motifs is 6. The maximum Gasteiger partial charge on any atom is 0.199 e. The molecule has 2 unspecified atom stereocenters. The van der Waals surface area contributed by atoms with Crippen molar-refractivity contribution in [3.63, 3.8) is 0 Å². The molecule has 1 N–H and O–H groups in total. The molecule has 2 saturated heterocycles. The first-order valence-electron chi connectivity index (χ1n) is 26.0. The molecule has 0 bridgehead atoms. The lowest BCUT2D eigenvalue weighted by atomic mass is 9.85. The maximum atomic E-state index is 6.48. The van der Waals surface area contributed by atoms with E-state index in [9.17, 15) is 0 Å². The summed E-state index contributed by atoms with van der Waals surface area (Å²) >= 11 is 2.30. The number of rotatable bonds is 5. The first-order valence-corrected chi connectivity index (χ1v) is 27.1. The number of aromatic nitrogens is 2. The molecule has 0 saturated carbocycles. The van der Waals surface area contributed by atoms with Crippen molar-refractivity contribution in [1.82, 2.24) is 9.55 Å². The van der Waals surface area contributed by atoms with E-state index in [1.807, 2.05) is 6.07 Å². The van der Waals surface area contributed by atoms with E-state index < -0.39 is 0 Å². The van der Waals surface area contributed by atoms with Gasteiger partial charge in [-0.2, -0.15) is 0 Å². The Morgan fingerprint density at radius 2 is 0.859 bits per heavy atom. The van der Waals surface area contributed by atoms with Crippen LogP contribution in [0.25, 0.3) is 49.3 Å². The van der Waals surface area contributed by atoms with Crippen LogP contribution in [0, 0.1) is 17.4 Å². The average Bonchev–Trinajstić information content (AvgIpc) is 3.85. The smallest absolute Gasteiger partial charge is 0.199 e. The van der Waals surface area contributed by atoms with Crippen molar-refractivity contribution < 1.29 is 18.9 Å². The second kappa shape index (κ2) is 21.0. The fourth-order valence-corrected chi connectivity index (χ4v) is 10.3. The number of halogens is 1. The molecule has 6 aromatic carbocycles. The number of ether oxygens (including phenoxy) is 4. The Balaban J connectivity index is 0.000000159. The van der Waals surface area contributed by atoms with Gasteiger partial charge in [0.1, 0.15) is 11.5 Å². The molecule has 10 rings (SSSR count). The van der Waals surface area contributed by atoms with Crippen LogP contribution in [0.2, 0.25) is 0 Å². The van der Waals surface area contributed by atoms with Gasteiger partial charge in [0.2, 0.25) is 0 Å². The van der Waals surface area contributed by atoms with Crippen molar-refractivity contribution in [2.45, 2.75) is 170 Å². The number of benzene rings is 6. The second-order valence-corrected chi connectivity index (χ2v) is 25.3. The summed E-state index contributed by atoms with van der Waals surface area (Å²) in [5, 5.41) is 5.26. The summed E-state index contributed by atoms with van der Waals surface area (Å²) in [7, 11) is 0. The lowest BCUT2D eigenvalue weighted by molar-refractivity contribution is -0.106. The number of aryl methyl sites for hydroxylation is 2. The molecule has 2 fully saturated rings. The summed E-state index contributed by atoms with van der Waals surface area (Å²) in [6.07, 6.45) is 6.33. The van der Waals surface area contributed by atoms with Crippen molar-refractivity contribution >= 4 is 66.2 Å². The molecular formula is C64H79IN2O4. The van der Waals surface area contributed by atoms with Crippen molar-refractivity contribution in [2.24, 2.45) is 0 Å². The van der Waals surface area contributed by atoms with E-state index in [2.05, 4.69) is 232 Å². The Bertz CT molecular complexity index is 3000. The summed E-state index contributed by atoms with van der Waals surface area (Å²) in [5.41, 5.74) is 14.4. The zero-order valence-electron chi connectivity index (χ0n) is 45.2. The van der Waals surface area contributed by atoms with Crippen LogP contribution in [0.5, 0.6) is 11.5 Å². The Labute approximate surface area is 438 Å². The Hall–Kier alpha value is -4.83. The van der Waals surface area contributed by atoms with Crippen LogP contribution in [0.1, 0.15) is 155 Å². The van der Waals surface area contributed by atoms with E-state index in [1.165, 1.54) is 83.4 Å².